The van der Waals surface area contributed by atoms with Crippen LogP contribution in [0.5, 0.6) is 5.75 Å². The van der Waals surface area contributed by atoms with Crippen molar-refractivity contribution in [3.63, 3.8) is 0 Å². The average Bonchev–Trinajstić information content (AvgIpc) is 3.07. The summed E-state index contributed by atoms with van der Waals surface area (Å²) in [6.07, 6.45) is 0.953. The fraction of sp³-hybridized carbons (Fsp3) is 0.524. The summed E-state index contributed by atoms with van der Waals surface area (Å²) in [4.78, 5) is 12.8. The second kappa shape index (κ2) is 9.18. The van der Waals surface area contributed by atoms with Gasteiger partial charge in [0, 0.05) is 19.0 Å². The summed E-state index contributed by atoms with van der Waals surface area (Å²) in [5.74, 6) is 0.820. The van der Waals surface area contributed by atoms with E-state index in [1.165, 1.54) is 4.31 Å². The molecule has 1 unspecified atom stereocenters. The van der Waals surface area contributed by atoms with Crippen molar-refractivity contribution >= 4 is 15.9 Å². The Labute approximate surface area is 177 Å². The van der Waals surface area contributed by atoms with Gasteiger partial charge in [0.25, 0.3) is 0 Å². The highest BCUT2D eigenvalue weighted by molar-refractivity contribution is 7.89. The van der Waals surface area contributed by atoms with Crippen LogP contribution < -0.4 is 10.1 Å². The second-order valence-electron chi connectivity index (χ2n) is 7.56. The molecule has 30 heavy (non-hydrogen) atoms. The minimum absolute atomic E-state index is 0.0502. The summed E-state index contributed by atoms with van der Waals surface area (Å²) < 4.78 is 37.7. The van der Waals surface area contributed by atoms with E-state index in [9.17, 15) is 13.2 Å². The summed E-state index contributed by atoms with van der Waals surface area (Å²) >= 11 is 0. The molecule has 1 aliphatic heterocycles. The van der Waals surface area contributed by atoms with Crippen molar-refractivity contribution in [3.8, 4) is 5.75 Å². The Morgan fingerprint density at radius 3 is 2.43 bits per heavy atom. The largest absolute Gasteiger partial charge is 0.494 e. The number of amides is 1. The van der Waals surface area contributed by atoms with Gasteiger partial charge in [-0.05, 0) is 58.2 Å². The number of hydrogen-bond acceptors (Lipinski definition) is 6. The van der Waals surface area contributed by atoms with Gasteiger partial charge in [-0.2, -0.15) is 4.31 Å². The van der Waals surface area contributed by atoms with Crippen LogP contribution in [0.15, 0.2) is 33.7 Å². The molecule has 0 radical (unpaired) electrons. The number of aryl methyl sites for hydroxylation is 2. The van der Waals surface area contributed by atoms with Gasteiger partial charge >= 0.3 is 0 Å². The number of aromatic nitrogens is 1. The number of carbonyl (C=O) groups excluding carboxylic acids is 1. The third-order valence-electron chi connectivity index (χ3n) is 5.44. The fourth-order valence-electron chi connectivity index (χ4n) is 3.76. The maximum atomic E-state index is 12.9. The maximum Gasteiger partial charge on any atom is 0.248 e. The molecule has 0 aliphatic carbocycles. The van der Waals surface area contributed by atoms with Crippen LogP contribution in [0.4, 0.5) is 0 Å². The molecule has 0 bridgehead atoms. The molecule has 2 heterocycles. The first kappa shape index (κ1) is 22.3. The van der Waals surface area contributed by atoms with Gasteiger partial charge in [-0.3, -0.25) is 4.79 Å². The number of ether oxygens (including phenoxy) is 1. The Kier molecular flexibility index (Phi) is 6.82. The molecule has 3 rings (SSSR count). The van der Waals surface area contributed by atoms with Gasteiger partial charge in [0.2, 0.25) is 15.9 Å². The molecular formula is C21H29N3O5S. The lowest BCUT2D eigenvalue weighted by atomic mass is 9.96. The topological polar surface area (TPSA) is 102 Å². The van der Waals surface area contributed by atoms with Crippen LogP contribution in [0.2, 0.25) is 0 Å². The number of piperidine rings is 1. The van der Waals surface area contributed by atoms with E-state index in [0.29, 0.717) is 38.2 Å². The molecule has 164 valence electrons. The highest BCUT2D eigenvalue weighted by atomic mass is 32.2. The monoisotopic (exact) mass is 435 g/mol. The predicted molar refractivity (Wildman–Crippen MR) is 112 cm³/mol. The predicted octanol–water partition coefficient (Wildman–Crippen LogP) is 2.97. The number of carbonyl (C=O) groups is 1. The number of hydrogen-bond donors (Lipinski definition) is 1. The van der Waals surface area contributed by atoms with E-state index < -0.39 is 10.0 Å². The van der Waals surface area contributed by atoms with Gasteiger partial charge in [0.15, 0.2) is 5.76 Å². The summed E-state index contributed by atoms with van der Waals surface area (Å²) in [6, 6.07) is 7.51. The van der Waals surface area contributed by atoms with Gasteiger partial charge in [-0.25, -0.2) is 8.42 Å². The quantitative estimate of drug-likeness (QED) is 0.717. The van der Waals surface area contributed by atoms with E-state index in [0.717, 1.165) is 11.3 Å². The van der Waals surface area contributed by atoms with E-state index in [2.05, 4.69) is 10.5 Å². The SMILES string of the molecule is CCOc1ccc(C(C)NC(=O)C2CCN(S(=O)(=O)c3c(C)noc3C)CC2)cc1. The second-order valence-corrected chi connectivity index (χ2v) is 9.44. The highest BCUT2D eigenvalue weighted by Gasteiger charge is 2.35. The van der Waals surface area contributed by atoms with Crippen LogP contribution in [0.1, 0.15) is 49.7 Å². The van der Waals surface area contributed by atoms with Crippen molar-refractivity contribution in [1.82, 2.24) is 14.8 Å². The Morgan fingerprint density at radius 1 is 1.27 bits per heavy atom. The lowest BCUT2D eigenvalue weighted by Gasteiger charge is -2.31. The Hall–Kier alpha value is -2.39. The maximum absolute atomic E-state index is 12.9. The minimum Gasteiger partial charge on any atom is -0.494 e. The number of nitrogens with one attached hydrogen (secondary N) is 1. The molecular weight excluding hydrogens is 406 g/mol. The van der Waals surface area contributed by atoms with Gasteiger partial charge in [-0.15, -0.1) is 0 Å². The van der Waals surface area contributed by atoms with Gasteiger partial charge in [-0.1, -0.05) is 17.3 Å². The number of rotatable bonds is 7. The normalized spacial score (nSPS) is 16.9. The zero-order valence-electron chi connectivity index (χ0n) is 17.8. The third kappa shape index (κ3) is 4.67. The molecule has 8 nitrogen and oxygen atoms in total. The summed E-state index contributed by atoms with van der Waals surface area (Å²) in [5.41, 5.74) is 1.35. The molecule has 1 atom stereocenters. The highest BCUT2D eigenvalue weighted by Crippen LogP contribution is 2.28. The summed E-state index contributed by atoms with van der Waals surface area (Å²) in [7, 11) is -3.67. The van der Waals surface area contributed by atoms with Crippen molar-refractivity contribution < 1.29 is 22.5 Å². The summed E-state index contributed by atoms with van der Waals surface area (Å²) in [5, 5.41) is 6.79. The molecule has 9 heteroatoms. The Balaban J connectivity index is 1.57. The van der Waals surface area contributed by atoms with Crippen LogP contribution in [0.3, 0.4) is 0 Å². The first-order valence-corrected chi connectivity index (χ1v) is 11.6. The smallest absolute Gasteiger partial charge is 0.248 e. The Morgan fingerprint density at radius 2 is 1.90 bits per heavy atom. The van der Waals surface area contributed by atoms with Gasteiger partial charge in [0.05, 0.1) is 12.6 Å². The molecule has 0 spiro atoms. The summed E-state index contributed by atoms with van der Waals surface area (Å²) in [6.45, 7) is 8.27. The van der Waals surface area contributed by atoms with E-state index in [1.807, 2.05) is 38.1 Å². The molecule has 2 aromatic rings. The van der Waals surface area contributed by atoms with Crippen LogP contribution >= 0.6 is 0 Å². The molecule has 1 amide bonds. The van der Waals surface area contributed by atoms with Gasteiger partial charge in [0.1, 0.15) is 16.3 Å². The Bertz CT molecular complexity index is 957. The van der Waals surface area contributed by atoms with E-state index in [1.54, 1.807) is 13.8 Å². The van der Waals surface area contributed by atoms with E-state index in [4.69, 9.17) is 9.26 Å². The lowest BCUT2D eigenvalue weighted by Crippen LogP contribution is -2.43. The van der Waals surface area contributed by atoms with Crippen molar-refractivity contribution in [1.29, 1.82) is 0 Å². The molecule has 1 aliphatic rings. The molecule has 1 fully saturated rings. The molecule has 1 aromatic heterocycles. The third-order valence-corrected chi connectivity index (χ3v) is 7.58. The van der Waals surface area contributed by atoms with Crippen LogP contribution in [0.25, 0.3) is 0 Å². The number of benzene rings is 1. The molecule has 1 aromatic carbocycles. The van der Waals surface area contributed by atoms with Crippen LogP contribution in [-0.2, 0) is 14.8 Å². The van der Waals surface area contributed by atoms with Crippen molar-refractivity contribution in [2.75, 3.05) is 19.7 Å². The molecule has 1 saturated heterocycles. The molecule has 1 N–H and O–H groups in total. The molecule has 0 saturated carbocycles. The van der Waals surface area contributed by atoms with Crippen molar-refractivity contribution in [2.24, 2.45) is 5.92 Å². The van der Waals surface area contributed by atoms with E-state index in [-0.39, 0.29) is 28.5 Å². The fourth-order valence-corrected chi connectivity index (χ4v) is 5.53. The van der Waals surface area contributed by atoms with E-state index >= 15 is 0 Å². The van der Waals surface area contributed by atoms with Crippen LogP contribution in [0, 0.1) is 19.8 Å². The zero-order chi connectivity index (χ0) is 21.9. The lowest BCUT2D eigenvalue weighted by molar-refractivity contribution is -0.126. The first-order chi connectivity index (χ1) is 14.2. The van der Waals surface area contributed by atoms with Crippen LogP contribution in [-0.4, -0.2) is 43.5 Å². The average molecular weight is 436 g/mol. The zero-order valence-corrected chi connectivity index (χ0v) is 18.7. The van der Waals surface area contributed by atoms with Crippen molar-refractivity contribution in [3.05, 3.63) is 41.3 Å². The minimum atomic E-state index is -3.67. The first-order valence-electron chi connectivity index (χ1n) is 10.2. The standard InChI is InChI=1S/C21H29N3O5S/c1-5-28-19-8-6-17(7-9-19)14(2)22-21(25)18-10-12-24(13-11-18)30(26,27)20-15(3)23-29-16(20)4/h6-9,14,18H,5,10-13H2,1-4H3,(H,22,25). The van der Waals surface area contributed by atoms with Crippen molar-refractivity contribution in [2.45, 2.75) is 51.5 Å². The number of sulfonamides is 1. The number of nitrogens with zero attached hydrogens (tertiary/aromatic N) is 2. The van der Waals surface area contributed by atoms with Gasteiger partial charge < -0.3 is 14.6 Å².